The van der Waals surface area contributed by atoms with Gasteiger partial charge in [-0.25, -0.2) is 14.6 Å². The van der Waals surface area contributed by atoms with Crippen LogP contribution >= 0.6 is 0 Å². The van der Waals surface area contributed by atoms with Crippen molar-refractivity contribution in [1.82, 2.24) is 9.97 Å². The highest BCUT2D eigenvalue weighted by atomic mass is 16.5. The van der Waals surface area contributed by atoms with Crippen LogP contribution in [0.2, 0.25) is 0 Å². The Hall–Kier alpha value is -3.49. The zero-order chi connectivity index (χ0) is 19.3. The number of guanidine groups is 1. The first-order valence-corrected chi connectivity index (χ1v) is 7.63. The summed E-state index contributed by atoms with van der Waals surface area (Å²) in [5, 5.41) is 2.86. The molecule has 1 aromatic heterocycles. The molecule has 0 aliphatic rings. The molecular formula is C17H20N5O4+. The summed E-state index contributed by atoms with van der Waals surface area (Å²) in [6, 6.07) is 6.20. The van der Waals surface area contributed by atoms with Crippen molar-refractivity contribution >= 4 is 29.5 Å². The molecule has 2 rings (SSSR count). The largest absolute Gasteiger partial charge is 0.465 e. The Morgan fingerprint density at radius 2 is 1.46 bits per heavy atom. The third kappa shape index (κ3) is 4.76. The van der Waals surface area contributed by atoms with Gasteiger partial charge < -0.3 is 15.2 Å². The summed E-state index contributed by atoms with van der Waals surface area (Å²) in [7, 11) is 2.50. The number of aryl methyl sites for hydroxylation is 2. The second-order valence-electron chi connectivity index (χ2n) is 5.42. The molecule has 0 bridgehead atoms. The fourth-order valence-corrected chi connectivity index (χ4v) is 2.26. The van der Waals surface area contributed by atoms with Crippen LogP contribution in [-0.2, 0) is 9.47 Å². The minimum atomic E-state index is -0.594. The number of hydrogen-bond acceptors (Lipinski definition) is 6. The van der Waals surface area contributed by atoms with E-state index in [0.717, 1.165) is 11.4 Å². The number of benzene rings is 1. The van der Waals surface area contributed by atoms with Crippen LogP contribution in [0.3, 0.4) is 0 Å². The summed E-state index contributed by atoms with van der Waals surface area (Å²) < 4.78 is 9.39. The Labute approximate surface area is 150 Å². The predicted octanol–water partition coefficient (Wildman–Crippen LogP) is -0.194. The van der Waals surface area contributed by atoms with Gasteiger partial charge in [-0.05, 0) is 32.0 Å². The number of anilines is 1. The fourth-order valence-electron chi connectivity index (χ4n) is 2.26. The molecule has 0 saturated carbocycles. The molecule has 1 aromatic carbocycles. The summed E-state index contributed by atoms with van der Waals surface area (Å²) in [6.07, 6.45) is 0. The van der Waals surface area contributed by atoms with Gasteiger partial charge in [0.25, 0.3) is 5.96 Å². The second kappa shape index (κ2) is 8.06. The zero-order valence-electron chi connectivity index (χ0n) is 14.9. The molecule has 0 spiro atoms. The van der Waals surface area contributed by atoms with Crippen molar-refractivity contribution in [2.75, 3.05) is 19.5 Å². The van der Waals surface area contributed by atoms with E-state index >= 15 is 0 Å². The Kier molecular flexibility index (Phi) is 5.84. The molecule has 0 radical (unpaired) electrons. The molecule has 0 amide bonds. The van der Waals surface area contributed by atoms with Crippen molar-refractivity contribution in [2.24, 2.45) is 5.73 Å². The first-order chi connectivity index (χ1) is 12.3. The summed E-state index contributed by atoms with van der Waals surface area (Å²) in [6.45, 7) is 3.68. The lowest BCUT2D eigenvalue weighted by Crippen LogP contribution is -2.72. The van der Waals surface area contributed by atoms with Crippen molar-refractivity contribution < 1.29 is 24.1 Å². The molecular weight excluding hydrogens is 338 g/mol. The highest BCUT2D eigenvalue weighted by Gasteiger charge is 2.15. The Morgan fingerprint density at radius 3 is 1.92 bits per heavy atom. The minimum absolute atomic E-state index is 0.118. The third-order valence-corrected chi connectivity index (χ3v) is 3.28. The van der Waals surface area contributed by atoms with Gasteiger partial charge in [-0.15, -0.1) is 9.97 Å². The van der Waals surface area contributed by atoms with Gasteiger partial charge in [-0.2, -0.15) is 0 Å². The molecule has 136 valence electrons. The average molecular weight is 358 g/mol. The van der Waals surface area contributed by atoms with E-state index in [1.54, 1.807) is 0 Å². The van der Waals surface area contributed by atoms with Gasteiger partial charge in [-0.1, -0.05) is 0 Å². The van der Waals surface area contributed by atoms with Gasteiger partial charge >= 0.3 is 17.9 Å². The molecule has 0 fully saturated rings. The second-order valence-corrected chi connectivity index (χ2v) is 5.42. The van der Waals surface area contributed by atoms with E-state index in [1.165, 1.54) is 32.4 Å². The van der Waals surface area contributed by atoms with Crippen LogP contribution in [-0.4, -0.2) is 42.1 Å². The molecule has 0 saturated heterocycles. The maximum atomic E-state index is 11.8. The number of ether oxygens (including phenoxy) is 2. The van der Waals surface area contributed by atoms with Gasteiger partial charge in [0.1, 0.15) is 0 Å². The zero-order valence-corrected chi connectivity index (χ0v) is 14.9. The fraction of sp³-hybridized carbons (Fsp3) is 0.235. The molecule has 2 aromatic rings. The van der Waals surface area contributed by atoms with Crippen molar-refractivity contribution in [3.8, 4) is 0 Å². The number of hydrogen-bond donors (Lipinski definition) is 3. The molecule has 0 atom stereocenters. The lowest BCUT2D eigenvalue weighted by atomic mass is 10.1. The highest BCUT2D eigenvalue weighted by Crippen LogP contribution is 2.16. The first kappa shape index (κ1) is 18.8. The van der Waals surface area contributed by atoms with Gasteiger partial charge in [0.15, 0.2) is 0 Å². The molecule has 0 aliphatic carbocycles. The van der Waals surface area contributed by atoms with E-state index in [1.807, 2.05) is 19.9 Å². The van der Waals surface area contributed by atoms with E-state index in [-0.39, 0.29) is 17.1 Å². The molecule has 9 heteroatoms. The van der Waals surface area contributed by atoms with E-state index in [9.17, 15) is 9.59 Å². The molecule has 9 nitrogen and oxygen atoms in total. The number of rotatable bonds is 4. The number of nitrogens with two attached hydrogens (primary N) is 1. The maximum absolute atomic E-state index is 11.8. The standard InChI is InChI=1S/C17H19N5O4/c1-9-5-10(2)20-17(19-9)22-16(18)21-13-7-11(14(23)25-3)6-12(8-13)15(24)26-4/h5-8H,1-4H3,(H3,18,19,20,21,22)/p+1. The van der Waals surface area contributed by atoms with Crippen LogP contribution < -0.4 is 16.0 Å². The number of methoxy groups -OCH3 is 2. The van der Waals surface area contributed by atoms with Crippen molar-refractivity contribution in [2.45, 2.75) is 13.8 Å². The number of nitrogens with one attached hydrogen (secondary N) is 2. The lowest BCUT2D eigenvalue weighted by Gasteiger charge is -2.07. The number of nitrogens with zero attached hydrogens (tertiary/aromatic N) is 2. The Balaban J connectivity index is 2.36. The van der Waals surface area contributed by atoms with Crippen LogP contribution in [0.15, 0.2) is 24.3 Å². The summed E-state index contributed by atoms with van der Waals surface area (Å²) >= 11 is 0. The van der Waals surface area contributed by atoms with Crippen LogP contribution in [0.1, 0.15) is 32.1 Å². The van der Waals surface area contributed by atoms with E-state index in [4.69, 9.17) is 15.2 Å². The van der Waals surface area contributed by atoms with Crippen LogP contribution in [0.5, 0.6) is 0 Å². The van der Waals surface area contributed by atoms with Gasteiger partial charge in [0.2, 0.25) is 0 Å². The summed E-state index contributed by atoms with van der Waals surface area (Å²) in [4.78, 5) is 34.9. The molecule has 1 heterocycles. The van der Waals surface area contributed by atoms with Crippen molar-refractivity contribution in [1.29, 1.82) is 0 Å². The molecule has 0 aliphatic heterocycles. The van der Waals surface area contributed by atoms with Crippen molar-refractivity contribution in [3.05, 3.63) is 46.8 Å². The van der Waals surface area contributed by atoms with Crippen molar-refractivity contribution in [3.63, 3.8) is 0 Å². The number of carbonyl (C=O) groups excluding carboxylic acids is 2. The molecule has 0 unspecified atom stereocenters. The molecule has 4 N–H and O–H groups in total. The average Bonchev–Trinajstić information content (AvgIpc) is 2.58. The van der Waals surface area contributed by atoms with Gasteiger partial charge in [-0.3, -0.25) is 5.32 Å². The van der Waals surface area contributed by atoms with E-state index in [0.29, 0.717) is 11.6 Å². The number of carbonyl (C=O) groups is 2. The lowest BCUT2D eigenvalue weighted by molar-refractivity contribution is -0.365. The van der Waals surface area contributed by atoms with Gasteiger partial charge in [0.05, 0.1) is 42.4 Å². The monoisotopic (exact) mass is 358 g/mol. The Morgan fingerprint density at radius 1 is 0.962 bits per heavy atom. The quantitative estimate of drug-likeness (QED) is 0.389. The highest BCUT2D eigenvalue weighted by molar-refractivity contribution is 5.99. The summed E-state index contributed by atoms with van der Waals surface area (Å²) in [5.41, 5.74) is 8.25. The topological polar surface area (TPSA) is 130 Å². The van der Waals surface area contributed by atoms with Gasteiger partial charge in [0, 0.05) is 6.07 Å². The first-order valence-electron chi connectivity index (χ1n) is 7.63. The normalized spacial score (nSPS) is 11.0. The predicted molar refractivity (Wildman–Crippen MR) is 94.1 cm³/mol. The number of esters is 2. The van der Waals surface area contributed by atoms with E-state index < -0.39 is 11.9 Å². The van der Waals surface area contributed by atoms with E-state index in [2.05, 4.69) is 20.3 Å². The Bertz CT molecular complexity index is 825. The maximum Gasteiger partial charge on any atom is 0.354 e. The smallest absolute Gasteiger partial charge is 0.354 e. The van der Waals surface area contributed by atoms with Crippen LogP contribution in [0.4, 0.5) is 11.6 Å². The SMILES string of the molecule is COC(=O)c1cc(NC(N)=[NH+]c2nc(C)cc(C)n2)cc(C(=O)OC)c1. The number of aromatic nitrogens is 2. The summed E-state index contributed by atoms with van der Waals surface area (Å²) in [5.74, 6) is -0.747. The molecule has 26 heavy (non-hydrogen) atoms. The van der Waals surface area contributed by atoms with Crippen LogP contribution in [0, 0.1) is 13.8 Å². The minimum Gasteiger partial charge on any atom is -0.465 e. The third-order valence-electron chi connectivity index (χ3n) is 3.28. The van der Waals surface area contributed by atoms with Crippen LogP contribution in [0.25, 0.3) is 0 Å².